The molecule has 34 heavy (non-hydrogen) atoms. The van der Waals surface area contributed by atoms with Gasteiger partial charge in [0.1, 0.15) is 6.10 Å². The SMILES string of the molecule is CS[C@@H](c1ccccc1)[C@@H](C(=O)N1C(=S)O[C@H](c2ccccc2)C1C)[C@@H](O)c1ccc(Cl)cc1. The first-order valence-electron chi connectivity index (χ1n) is 11.0. The molecule has 1 unspecified atom stereocenters. The first-order chi connectivity index (χ1) is 16.4. The van der Waals surface area contributed by atoms with Gasteiger partial charge in [-0.25, -0.2) is 0 Å². The molecule has 5 atom stereocenters. The molecule has 0 spiro atoms. The van der Waals surface area contributed by atoms with E-state index in [9.17, 15) is 9.90 Å². The van der Waals surface area contributed by atoms with Crippen molar-refractivity contribution in [2.24, 2.45) is 5.92 Å². The first-order valence-corrected chi connectivity index (χ1v) is 13.1. The minimum absolute atomic E-state index is 0.132. The number of aliphatic hydroxyl groups is 1. The smallest absolute Gasteiger partial charge is 0.267 e. The number of hydrogen-bond donors (Lipinski definition) is 1. The Balaban J connectivity index is 1.72. The Morgan fingerprint density at radius 2 is 1.59 bits per heavy atom. The van der Waals surface area contributed by atoms with Crippen molar-refractivity contribution < 1.29 is 14.6 Å². The second-order valence-electron chi connectivity index (χ2n) is 8.25. The predicted molar refractivity (Wildman–Crippen MR) is 142 cm³/mol. The number of nitrogens with zero attached hydrogens (tertiary/aromatic N) is 1. The maximum atomic E-state index is 14.2. The second-order valence-corrected chi connectivity index (χ2v) is 10.0. The fourth-order valence-corrected chi connectivity index (χ4v) is 5.91. The highest BCUT2D eigenvalue weighted by molar-refractivity contribution is 7.98. The average Bonchev–Trinajstić information content (AvgIpc) is 3.17. The third-order valence-corrected chi connectivity index (χ3v) is 7.80. The summed E-state index contributed by atoms with van der Waals surface area (Å²) < 4.78 is 5.99. The molecule has 0 radical (unpaired) electrons. The number of amides is 1. The van der Waals surface area contributed by atoms with E-state index in [4.69, 9.17) is 28.6 Å². The fourth-order valence-electron chi connectivity index (χ4n) is 4.44. The van der Waals surface area contributed by atoms with Crippen molar-refractivity contribution in [3.8, 4) is 0 Å². The number of carbonyl (C=O) groups is 1. The number of halogens is 1. The van der Waals surface area contributed by atoms with Gasteiger partial charge in [-0.1, -0.05) is 84.4 Å². The van der Waals surface area contributed by atoms with Crippen molar-refractivity contribution in [2.45, 2.75) is 30.4 Å². The molecule has 1 aliphatic heterocycles. The van der Waals surface area contributed by atoms with E-state index in [1.54, 1.807) is 24.3 Å². The summed E-state index contributed by atoms with van der Waals surface area (Å²) in [6.07, 6.45) is 0.519. The summed E-state index contributed by atoms with van der Waals surface area (Å²) in [7, 11) is 0. The summed E-state index contributed by atoms with van der Waals surface area (Å²) in [5, 5.41) is 11.9. The molecule has 176 valence electrons. The van der Waals surface area contributed by atoms with E-state index in [2.05, 4.69) is 0 Å². The molecular formula is C27H26ClNO3S2. The molecule has 3 aromatic rings. The topological polar surface area (TPSA) is 49.8 Å². The molecule has 1 saturated heterocycles. The van der Waals surface area contributed by atoms with E-state index < -0.39 is 12.0 Å². The summed E-state index contributed by atoms with van der Waals surface area (Å²) in [5.74, 6) is -1.06. The van der Waals surface area contributed by atoms with Crippen molar-refractivity contribution in [2.75, 3.05) is 6.26 Å². The van der Waals surface area contributed by atoms with E-state index >= 15 is 0 Å². The highest BCUT2D eigenvalue weighted by atomic mass is 35.5. The third-order valence-electron chi connectivity index (χ3n) is 6.18. The van der Waals surface area contributed by atoms with Crippen LogP contribution in [-0.4, -0.2) is 33.4 Å². The van der Waals surface area contributed by atoms with Crippen LogP contribution in [0.3, 0.4) is 0 Å². The number of carbonyl (C=O) groups excluding carboxylic acids is 1. The maximum absolute atomic E-state index is 14.2. The number of hydrogen-bond acceptors (Lipinski definition) is 5. The van der Waals surface area contributed by atoms with E-state index in [-0.39, 0.29) is 28.5 Å². The molecule has 1 aliphatic rings. The number of thiocarbonyl (C=S) groups is 1. The van der Waals surface area contributed by atoms with Crippen LogP contribution >= 0.6 is 35.6 Å². The van der Waals surface area contributed by atoms with Crippen molar-refractivity contribution >= 4 is 46.7 Å². The molecule has 0 aromatic heterocycles. The fraction of sp³-hybridized carbons (Fsp3) is 0.259. The highest BCUT2D eigenvalue weighted by Crippen LogP contribution is 2.44. The van der Waals surface area contributed by atoms with Crippen LogP contribution in [0.1, 0.15) is 41.1 Å². The number of ether oxygens (including phenoxy) is 1. The highest BCUT2D eigenvalue weighted by Gasteiger charge is 2.47. The molecule has 4 rings (SSSR count). The molecule has 1 amide bonds. The molecule has 7 heteroatoms. The molecule has 3 aromatic carbocycles. The van der Waals surface area contributed by atoms with Crippen LogP contribution in [0.4, 0.5) is 0 Å². The standard InChI is InChI=1S/C27H26ClNO3S2/c1-17-24(19-9-5-3-6-10-19)32-27(33)29(17)26(31)22(23(30)18-13-15-21(28)16-14-18)25(34-2)20-11-7-4-8-12-20/h3-17,22-25,30H,1-2H3/t17?,22-,23-,24-,25-/m0/s1. The normalized spacial score (nSPS) is 20.5. The first kappa shape index (κ1) is 24.7. The molecule has 1 fully saturated rings. The zero-order chi connectivity index (χ0) is 24.2. The Kier molecular flexibility index (Phi) is 7.94. The van der Waals surface area contributed by atoms with Crippen molar-refractivity contribution in [1.82, 2.24) is 4.90 Å². The molecule has 4 nitrogen and oxygen atoms in total. The summed E-state index contributed by atoms with van der Waals surface area (Å²) in [6, 6.07) is 26.1. The van der Waals surface area contributed by atoms with Gasteiger partial charge in [0.2, 0.25) is 5.91 Å². The maximum Gasteiger partial charge on any atom is 0.267 e. The lowest BCUT2D eigenvalue weighted by atomic mass is 9.87. The van der Waals surface area contributed by atoms with Gasteiger partial charge in [-0.2, -0.15) is 11.8 Å². The minimum Gasteiger partial charge on any atom is -0.460 e. The van der Waals surface area contributed by atoms with Gasteiger partial charge in [-0.3, -0.25) is 9.69 Å². The molecule has 0 bridgehead atoms. The van der Waals surface area contributed by atoms with Gasteiger partial charge in [0.05, 0.1) is 18.1 Å². The second kappa shape index (κ2) is 10.9. The Bertz CT molecular complexity index is 1130. The lowest BCUT2D eigenvalue weighted by Gasteiger charge is -2.33. The number of thioether (sulfide) groups is 1. The van der Waals surface area contributed by atoms with Gasteiger partial charge in [0, 0.05) is 10.3 Å². The lowest BCUT2D eigenvalue weighted by Crippen LogP contribution is -2.44. The Morgan fingerprint density at radius 3 is 2.18 bits per heavy atom. The Morgan fingerprint density at radius 1 is 1.00 bits per heavy atom. The van der Waals surface area contributed by atoms with Gasteiger partial charge in [-0.15, -0.1) is 0 Å². The Hall–Kier alpha value is -2.38. The number of benzene rings is 3. The van der Waals surface area contributed by atoms with Crippen molar-refractivity contribution in [3.05, 3.63) is 107 Å². The van der Waals surface area contributed by atoms with Crippen LogP contribution in [0.2, 0.25) is 5.02 Å². The quantitative estimate of drug-likeness (QED) is 0.374. The van der Waals surface area contributed by atoms with E-state index in [0.717, 1.165) is 11.1 Å². The molecule has 1 N–H and O–H groups in total. The number of rotatable bonds is 7. The average molecular weight is 512 g/mol. The van der Waals surface area contributed by atoms with E-state index in [1.165, 1.54) is 16.7 Å². The minimum atomic E-state index is -1.06. The van der Waals surface area contributed by atoms with Gasteiger partial charge in [0.15, 0.2) is 0 Å². The van der Waals surface area contributed by atoms with Crippen LogP contribution in [0, 0.1) is 5.92 Å². The van der Waals surface area contributed by atoms with Gasteiger partial charge < -0.3 is 9.84 Å². The molecule has 0 saturated carbocycles. The predicted octanol–water partition coefficient (Wildman–Crippen LogP) is 6.37. The van der Waals surface area contributed by atoms with Gasteiger partial charge >= 0.3 is 0 Å². The summed E-state index contributed by atoms with van der Waals surface area (Å²) in [4.78, 5) is 15.7. The van der Waals surface area contributed by atoms with Crippen LogP contribution in [0.5, 0.6) is 0 Å². The molecule has 1 heterocycles. The summed E-state index contributed by atoms with van der Waals surface area (Å²) in [5.41, 5.74) is 2.53. The van der Waals surface area contributed by atoms with Crippen LogP contribution in [0.25, 0.3) is 0 Å². The monoisotopic (exact) mass is 511 g/mol. The largest absolute Gasteiger partial charge is 0.460 e. The van der Waals surface area contributed by atoms with Gasteiger partial charge in [-0.05, 0) is 54.2 Å². The third kappa shape index (κ3) is 5.01. The van der Waals surface area contributed by atoms with Gasteiger partial charge in [0.25, 0.3) is 5.17 Å². The summed E-state index contributed by atoms with van der Waals surface area (Å²) >= 11 is 13.1. The van der Waals surface area contributed by atoms with E-state index in [0.29, 0.717) is 10.6 Å². The van der Waals surface area contributed by atoms with Crippen molar-refractivity contribution in [1.29, 1.82) is 0 Å². The zero-order valence-electron chi connectivity index (χ0n) is 18.9. The van der Waals surface area contributed by atoms with Crippen molar-refractivity contribution in [3.63, 3.8) is 0 Å². The molecular weight excluding hydrogens is 486 g/mol. The van der Waals surface area contributed by atoms with Crippen LogP contribution in [-0.2, 0) is 9.53 Å². The Labute approximate surface area is 214 Å². The van der Waals surface area contributed by atoms with E-state index in [1.807, 2.05) is 73.8 Å². The number of aliphatic hydroxyl groups excluding tert-OH is 1. The van der Waals surface area contributed by atoms with Crippen LogP contribution in [0.15, 0.2) is 84.9 Å². The summed E-state index contributed by atoms with van der Waals surface area (Å²) in [6.45, 7) is 1.93. The van der Waals surface area contributed by atoms with Crippen LogP contribution < -0.4 is 0 Å². The zero-order valence-corrected chi connectivity index (χ0v) is 21.3. The lowest BCUT2D eigenvalue weighted by molar-refractivity contribution is -0.136. The molecule has 0 aliphatic carbocycles.